The van der Waals surface area contributed by atoms with E-state index in [1.165, 1.54) is 29.5 Å². The molecule has 0 aliphatic carbocycles. The van der Waals surface area contributed by atoms with Crippen molar-refractivity contribution in [3.63, 3.8) is 0 Å². The van der Waals surface area contributed by atoms with E-state index in [1.54, 1.807) is 0 Å². The fourth-order valence-corrected chi connectivity index (χ4v) is 3.17. The monoisotopic (exact) mass is 390 g/mol. The summed E-state index contributed by atoms with van der Waals surface area (Å²) in [5.74, 6) is 0.622. The molecule has 0 nitrogen and oxygen atoms in total. The maximum absolute atomic E-state index is 2.28. The van der Waals surface area contributed by atoms with Gasteiger partial charge in [-0.15, -0.1) is 0 Å². The zero-order valence-electron chi connectivity index (χ0n) is 19.6. The van der Waals surface area contributed by atoms with Crippen molar-refractivity contribution < 1.29 is 0 Å². The van der Waals surface area contributed by atoms with Crippen molar-refractivity contribution in [2.75, 3.05) is 0 Å². The first-order valence-electron chi connectivity index (χ1n) is 11.5. The molecular weight excluding hydrogens is 348 g/mol. The smallest absolute Gasteiger partial charge is 0.0156 e. The first kappa shape index (κ1) is 26.7. The third-order valence-electron chi connectivity index (χ3n) is 4.52. The molecule has 0 saturated carbocycles. The van der Waals surface area contributed by atoms with Crippen LogP contribution >= 0.6 is 0 Å². The van der Waals surface area contributed by atoms with Gasteiger partial charge in [0.2, 0.25) is 0 Å². The summed E-state index contributed by atoms with van der Waals surface area (Å²) in [5, 5.41) is 0. The average Bonchev–Trinajstić information content (AvgIpc) is 2.85. The molecule has 0 aliphatic heterocycles. The van der Waals surface area contributed by atoms with Crippen LogP contribution in [0.25, 0.3) is 0 Å². The van der Waals surface area contributed by atoms with E-state index in [-0.39, 0.29) is 0 Å². The summed E-state index contributed by atoms with van der Waals surface area (Å²) in [6.07, 6.45) is 4.71. The molecule has 0 unspecified atom stereocenters. The zero-order valence-corrected chi connectivity index (χ0v) is 19.6. The largest absolute Gasteiger partial charge is 0.0683 e. The first-order valence-corrected chi connectivity index (χ1v) is 11.5. The normalized spacial score (nSPS) is 9.21. The maximum atomic E-state index is 2.28. The van der Waals surface area contributed by atoms with Crippen LogP contribution in [-0.2, 0) is 12.8 Å². The molecule has 3 aromatic carbocycles. The molecule has 158 valence electrons. The lowest BCUT2D eigenvalue weighted by atomic mass is 9.87. The minimum Gasteiger partial charge on any atom is -0.0683 e. The van der Waals surface area contributed by atoms with E-state index in [1.807, 2.05) is 41.5 Å². The Labute approximate surface area is 181 Å². The van der Waals surface area contributed by atoms with E-state index in [0.29, 0.717) is 5.92 Å². The fraction of sp³-hybridized carbons (Fsp3) is 0.379. The van der Waals surface area contributed by atoms with Crippen LogP contribution in [0.3, 0.4) is 0 Å². The molecule has 0 N–H and O–H groups in total. The highest BCUT2D eigenvalue weighted by atomic mass is 14.2. The lowest BCUT2D eigenvalue weighted by molar-refractivity contribution is 0.577. The lowest BCUT2D eigenvalue weighted by Crippen LogP contribution is -2.03. The molecule has 0 fully saturated rings. The standard InChI is InChI=1S/C23H24.3C2H6/c1-4-10-20(11-5-1)16-18-23(22-14-8-3-9-15-22)19-17-21-12-6-2-7-13-21;3*1-2/h1-15,23H,16-19H2;3*1-2H3. The fourth-order valence-electron chi connectivity index (χ4n) is 3.17. The highest BCUT2D eigenvalue weighted by molar-refractivity contribution is 5.22. The third kappa shape index (κ3) is 11.3. The Morgan fingerprint density at radius 2 is 0.759 bits per heavy atom. The second-order valence-electron chi connectivity index (χ2n) is 6.16. The molecule has 0 heteroatoms. The Balaban J connectivity index is 0.00000120. The van der Waals surface area contributed by atoms with E-state index in [2.05, 4.69) is 91.0 Å². The SMILES string of the molecule is CC.CC.CC.c1ccc(CCC(CCc2ccccc2)c2ccccc2)cc1. The van der Waals surface area contributed by atoms with Crippen LogP contribution in [0, 0.1) is 0 Å². The van der Waals surface area contributed by atoms with Gasteiger partial charge in [-0.25, -0.2) is 0 Å². The van der Waals surface area contributed by atoms with Crippen LogP contribution in [0.2, 0.25) is 0 Å². The Morgan fingerprint density at radius 3 is 1.10 bits per heavy atom. The molecule has 0 bridgehead atoms. The van der Waals surface area contributed by atoms with Gasteiger partial charge >= 0.3 is 0 Å². The molecule has 0 spiro atoms. The van der Waals surface area contributed by atoms with Crippen LogP contribution in [0.5, 0.6) is 0 Å². The van der Waals surface area contributed by atoms with Gasteiger partial charge < -0.3 is 0 Å². The average molecular weight is 391 g/mol. The predicted molar refractivity (Wildman–Crippen MR) is 133 cm³/mol. The van der Waals surface area contributed by atoms with Gasteiger partial charge in [0.1, 0.15) is 0 Å². The predicted octanol–water partition coefficient (Wildman–Crippen LogP) is 9.11. The number of rotatable bonds is 7. The number of aryl methyl sites for hydroxylation is 2. The van der Waals surface area contributed by atoms with Crippen molar-refractivity contribution in [1.82, 2.24) is 0 Å². The van der Waals surface area contributed by atoms with Crippen LogP contribution in [0.1, 0.15) is 77.0 Å². The zero-order chi connectivity index (χ0) is 21.7. The van der Waals surface area contributed by atoms with E-state index < -0.39 is 0 Å². The number of hydrogen-bond acceptors (Lipinski definition) is 0. The Bertz CT molecular complexity index is 628. The summed E-state index contributed by atoms with van der Waals surface area (Å²) in [6.45, 7) is 12.0. The summed E-state index contributed by atoms with van der Waals surface area (Å²) in [7, 11) is 0. The van der Waals surface area contributed by atoms with Crippen LogP contribution < -0.4 is 0 Å². The van der Waals surface area contributed by atoms with Crippen molar-refractivity contribution >= 4 is 0 Å². The van der Waals surface area contributed by atoms with Crippen molar-refractivity contribution in [3.05, 3.63) is 108 Å². The molecule has 0 aliphatic rings. The molecule has 0 heterocycles. The van der Waals surface area contributed by atoms with Crippen LogP contribution in [0.15, 0.2) is 91.0 Å². The highest BCUT2D eigenvalue weighted by Crippen LogP contribution is 2.27. The first-order chi connectivity index (χ1) is 14.4. The maximum Gasteiger partial charge on any atom is -0.0156 e. The summed E-state index contributed by atoms with van der Waals surface area (Å²) in [6, 6.07) is 32.6. The highest BCUT2D eigenvalue weighted by Gasteiger charge is 2.11. The summed E-state index contributed by atoms with van der Waals surface area (Å²) >= 11 is 0. The Morgan fingerprint density at radius 1 is 0.448 bits per heavy atom. The van der Waals surface area contributed by atoms with Crippen molar-refractivity contribution in [1.29, 1.82) is 0 Å². The van der Waals surface area contributed by atoms with Crippen molar-refractivity contribution in [2.45, 2.75) is 73.1 Å². The molecule has 3 rings (SSSR count). The van der Waals surface area contributed by atoms with Gasteiger partial charge in [0.05, 0.1) is 0 Å². The van der Waals surface area contributed by atoms with Gasteiger partial charge in [0.15, 0.2) is 0 Å². The molecule has 0 atom stereocenters. The van der Waals surface area contributed by atoms with Gasteiger partial charge in [-0.05, 0) is 48.3 Å². The van der Waals surface area contributed by atoms with E-state index >= 15 is 0 Å². The van der Waals surface area contributed by atoms with E-state index in [9.17, 15) is 0 Å². The van der Waals surface area contributed by atoms with Crippen molar-refractivity contribution in [2.24, 2.45) is 0 Å². The minimum atomic E-state index is 0.622. The van der Waals surface area contributed by atoms with Gasteiger partial charge in [-0.3, -0.25) is 0 Å². The second kappa shape index (κ2) is 19.0. The Hall–Kier alpha value is -2.34. The van der Waals surface area contributed by atoms with Crippen LogP contribution in [0.4, 0.5) is 0 Å². The minimum absolute atomic E-state index is 0.622. The Kier molecular flexibility index (Phi) is 17.5. The summed E-state index contributed by atoms with van der Waals surface area (Å²) in [4.78, 5) is 0. The quantitative estimate of drug-likeness (QED) is 0.377. The molecule has 0 saturated heterocycles. The summed E-state index contributed by atoms with van der Waals surface area (Å²) < 4.78 is 0. The second-order valence-corrected chi connectivity index (χ2v) is 6.16. The number of hydrogen-bond donors (Lipinski definition) is 0. The van der Waals surface area contributed by atoms with Crippen LogP contribution in [-0.4, -0.2) is 0 Å². The van der Waals surface area contributed by atoms with Crippen molar-refractivity contribution in [3.8, 4) is 0 Å². The third-order valence-corrected chi connectivity index (χ3v) is 4.52. The van der Waals surface area contributed by atoms with Gasteiger partial charge in [-0.1, -0.05) is 133 Å². The molecular formula is C29H42. The molecule has 0 radical (unpaired) electrons. The molecule has 0 amide bonds. The number of benzene rings is 3. The van der Waals surface area contributed by atoms with E-state index in [4.69, 9.17) is 0 Å². The molecule has 0 aromatic heterocycles. The van der Waals surface area contributed by atoms with Gasteiger partial charge in [-0.2, -0.15) is 0 Å². The molecule has 29 heavy (non-hydrogen) atoms. The molecule has 3 aromatic rings. The van der Waals surface area contributed by atoms with E-state index in [0.717, 1.165) is 12.8 Å². The van der Waals surface area contributed by atoms with Gasteiger partial charge in [0.25, 0.3) is 0 Å². The topological polar surface area (TPSA) is 0 Å². The van der Waals surface area contributed by atoms with Gasteiger partial charge in [0, 0.05) is 0 Å². The summed E-state index contributed by atoms with van der Waals surface area (Å²) in [5.41, 5.74) is 4.35. The lowest BCUT2D eigenvalue weighted by Gasteiger charge is -2.18.